The van der Waals surface area contributed by atoms with E-state index < -0.39 is 20.5 Å². The molecule has 2 aromatic rings. The van der Waals surface area contributed by atoms with Crippen molar-refractivity contribution >= 4 is 15.7 Å². The molecule has 0 spiro atoms. The molecule has 1 heterocycles. The van der Waals surface area contributed by atoms with Gasteiger partial charge in [-0.15, -0.1) is 0 Å². The first-order valence-electron chi connectivity index (χ1n) is 9.50. The number of hydrogen-bond donors (Lipinski definition) is 2. The van der Waals surface area contributed by atoms with Crippen LogP contribution in [0.4, 0.5) is 0 Å². The Morgan fingerprint density at radius 1 is 1.00 bits per heavy atom. The number of rotatable bonds is 5. The minimum atomic E-state index is -4.11. The first kappa shape index (κ1) is 22.2. The standard InChI is InChI=1S/C21H27N3O5S/c1-15-5-6-18(11-16(15)2)29-17-7-9-19(10-8-17)30(27,28)21(20(25)22-26)12-23(3)14-24(4)13-21/h5-11,26H,12-14H2,1-4H3,(H,22,25). The molecule has 0 unspecified atom stereocenters. The molecule has 1 aliphatic heterocycles. The number of carbonyl (C=O) groups excluding carboxylic acids is 1. The van der Waals surface area contributed by atoms with Crippen LogP contribution in [0, 0.1) is 13.8 Å². The summed E-state index contributed by atoms with van der Waals surface area (Å²) in [7, 11) is -0.659. The average molecular weight is 434 g/mol. The lowest BCUT2D eigenvalue weighted by molar-refractivity contribution is -0.134. The van der Waals surface area contributed by atoms with Crippen LogP contribution in [0.5, 0.6) is 11.5 Å². The highest BCUT2D eigenvalue weighted by Crippen LogP contribution is 2.32. The molecule has 3 rings (SSSR count). The summed E-state index contributed by atoms with van der Waals surface area (Å²) in [6.07, 6.45) is 0. The highest BCUT2D eigenvalue weighted by Gasteiger charge is 2.54. The Morgan fingerprint density at radius 3 is 2.10 bits per heavy atom. The minimum absolute atomic E-state index is 0.0118. The third-order valence-electron chi connectivity index (χ3n) is 5.41. The number of amides is 1. The summed E-state index contributed by atoms with van der Waals surface area (Å²) in [5.74, 6) is 0.187. The Labute approximate surface area is 176 Å². The van der Waals surface area contributed by atoms with Crippen LogP contribution in [0.25, 0.3) is 0 Å². The van der Waals surface area contributed by atoms with Crippen molar-refractivity contribution in [3.63, 3.8) is 0 Å². The molecular weight excluding hydrogens is 406 g/mol. The molecule has 0 radical (unpaired) electrons. The van der Waals surface area contributed by atoms with Crippen molar-refractivity contribution in [3.05, 3.63) is 53.6 Å². The van der Waals surface area contributed by atoms with Crippen LogP contribution in [0.3, 0.4) is 0 Å². The Kier molecular flexibility index (Phi) is 6.19. The molecule has 1 fully saturated rings. The zero-order valence-corrected chi connectivity index (χ0v) is 18.4. The maximum Gasteiger partial charge on any atom is 0.267 e. The number of hydroxylamine groups is 1. The zero-order chi connectivity index (χ0) is 22.1. The number of sulfone groups is 1. The third kappa shape index (κ3) is 4.06. The Morgan fingerprint density at radius 2 is 1.57 bits per heavy atom. The van der Waals surface area contributed by atoms with E-state index in [1.165, 1.54) is 12.1 Å². The lowest BCUT2D eigenvalue weighted by atomic mass is 10.1. The second kappa shape index (κ2) is 8.35. The normalized spacial score (nSPS) is 17.5. The smallest absolute Gasteiger partial charge is 0.267 e. The van der Waals surface area contributed by atoms with Gasteiger partial charge in [0.15, 0.2) is 14.6 Å². The molecule has 1 saturated heterocycles. The fraction of sp³-hybridized carbons (Fsp3) is 0.381. The Balaban J connectivity index is 1.92. The van der Waals surface area contributed by atoms with E-state index in [9.17, 15) is 18.4 Å². The lowest BCUT2D eigenvalue weighted by Crippen LogP contribution is -2.67. The summed E-state index contributed by atoms with van der Waals surface area (Å²) in [6, 6.07) is 11.7. The number of nitrogens with zero attached hydrogens (tertiary/aromatic N) is 2. The van der Waals surface area contributed by atoms with Crippen molar-refractivity contribution in [2.75, 3.05) is 33.9 Å². The van der Waals surface area contributed by atoms with Crippen molar-refractivity contribution in [1.29, 1.82) is 0 Å². The van der Waals surface area contributed by atoms with E-state index in [1.807, 2.05) is 32.0 Å². The topological polar surface area (TPSA) is 99.2 Å². The number of benzene rings is 2. The van der Waals surface area contributed by atoms with Gasteiger partial charge >= 0.3 is 0 Å². The molecule has 30 heavy (non-hydrogen) atoms. The van der Waals surface area contributed by atoms with Crippen LogP contribution >= 0.6 is 0 Å². The van der Waals surface area contributed by atoms with E-state index in [1.54, 1.807) is 41.5 Å². The van der Waals surface area contributed by atoms with E-state index >= 15 is 0 Å². The van der Waals surface area contributed by atoms with Gasteiger partial charge in [-0.1, -0.05) is 6.07 Å². The van der Waals surface area contributed by atoms with Crippen LogP contribution < -0.4 is 10.2 Å². The summed E-state index contributed by atoms with van der Waals surface area (Å²) in [5, 5.41) is 9.26. The van der Waals surface area contributed by atoms with Crippen molar-refractivity contribution in [3.8, 4) is 11.5 Å². The summed E-state index contributed by atoms with van der Waals surface area (Å²) in [6.45, 7) is 4.44. The van der Waals surface area contributed by atoms with Gasteiger partial charge in [-0.25, -0.2) is 13.9 Å². The van der Waals surface area contributed by atoms with Gasteiger partial charge in [-0.3, -0.25) is 19.8 Å². The van der Waals surface area contributed by atoms with Crippen LogP contribution in [0.1, 0.15) is 11.1 Å². The molecule has 1 aliphatic rings. The summed E-state index contributed by atoms with van der Waals surface area (Å²) < 4.78 is 31.0. The van der Waals surface area contributed by atoms with Gasteiger partial charge in [0.25, 0.3) is 5.91 Å². The molecule has 2 aromatic carbocycles. The first-order chi connectivity index (χ1) is 14.1. The quantitative estimate of drug-likeness (QED) is 0.549. The van der Waals surface area contributed by atoms with Crippen molar-refractivity contribution in [2.24, 2.45) is 0 Å². The predicted octanol–water partition coefficient (Wildman–Crippen LogP) is 1.95. The maximum atomic E-state index is 13.5. The van der Waals surface area contributed by atoms with Crippen molar-refractivity contribution in [1.82, 2.24) is 15.3 Å². The van der Waals surface area contributed by atoms with E-state index in [-0.39, 0.29) is 18.0 Å². The maximum absolute atomic E-state index is 13.5. The summed E-state index contributed by atoms with van der Waals surface area (Å²) in [5.41, 5.74) is 3.79. The van der Waals surface area contributed by atoms with Gasteiger partial charge in [0.2, 0.25) is 0 Å². The van der Waals surface area contributed by atoms with E-state index in [0.29, 0.717) is 18.2 Å². The largest absolute Gasteiger partial charge is 0.457 e. The van der Waals surface area contributed by atoms with Gasteiger partial charge in [0, 0.05) is 13.1 Å². The molecule has 0 aromatic heterocycles. The summed E-state index contributed by atoms with van der Waals surface area (Å²) in [4.78, 5) is 16.0. The van der Waals surface area contributed by atoms with Gasteiger partial charge in [0.05, 0.1) is 11.6 Å². The number of carbonyl (C=O) groups is 1. The number of nitrogens with one attached hydrogen (secondary N) is 1. The summed E-state index contributed by atoms with van der Waals surface area (Å²) >= 11 is 0. The van der Waals surface area contributed by atoms with Crippen LogP contribution in [-0.4, -0.2) is 67.9 Å². The number of ether oxygens (including phenoxy) is 1. The van der Waals surface area contributed by atoms with E-state index in [2.05, 4.69) is 0 Å². The highest BCUT2D eigenvalue weighted by molar-refractivity contribution is 7.93. The molecule has 2 N–H and O–H groups in total. The van der Waals surface area contributed by atoms with Crippen LogP contribution in [0.2, 0.25) is 0 Å². The van der Waals surface area contributed by atoms with E-state index in [4.69, 9.17) is 4.74 Å². The minimum Gasteiger partial charge on any atom is -0.457 e. The average Bonchev–Trinajstić information content (AvgIpc) is 2.69. The number of aryl methyl sites for hydroxylation is 2. The molecule has 0 aliphatic carbocycles. The van der Waals surface area contributed by atoms with Gasteiger partial charge in [0.1, 0.15) is 11.5 Å². The molecule has 0 saturated carbocycles. The molecule has 0 bridgehead atoms. The van der Waals surface area contributed by atoms with E-state index in [0.717, 1.165) is 11.1 Å². The van der Waals surface area contributed by atoms with Crippen LogP contribution in [-0.2, 0) is 14.6 Å². The monoisotopic (exact) mass is 433 g/mol. The lowest BCUT2D eigenvalue weighted by Gasteiger charge is -2.43. The van der Waals surface area contributed by atoms with Crippen molar-refractivity contribution < 1.29 is 23.2 Å². The van der Waals surface area contributed by atoms with Crippen LogP contribution in [0.15, 0.2) is 47.4 Å². The fourth-order valence-corrected chi connectivity index (χ4v) is 5.81. The predicted molar refractivity (Wildman–Crippen MR) is 112 cm³/mol. The Hall–Kier alpha value is -2.46. The number of hydrogen-bond acceptors (Lipinski definition) is 7. The highest BCUT2D eigenvalue weighted by atomic mass is 32.2. The Bertz CT molecular complexity index is 1030. The zero-order valence-electron chi connectivity index (χ0n) is 17.5. The van der Waals surface area contributed by atoms with Gasteiger partial charge < -0.3 is 4.74 Å². The SMILES string of the molecule is Cc1ccc(Oc2ccc(S(=O)(=O)C3(C(=O)NO)CN(C)CN(C)C3)cc2)cc1C. The third-order valence-corrected chi connectivity index (χ3v) is 7.78. The fourth-order valence-electron chi connectivity index (χ4n) is 3.80. The molecule has 8 nitrogen and oxygen atoms in total. The van der Waals surface area contributed by atoms with Gasteiger partial charge in [-0.05, 0) is 75.5 Å². The van der Waals surface area contributed by atoms with Crippen molar-refractivity contribution in [2.45, 2.75) is 23.5 Å². The molecule has 0 atom stereocenters. The molecule has 162 valence electrons. The molecule has 9 heteroatoms. The first-order valence-corrected chi connectivity index (χ1v) is 11.0. The van der Waals surface area contributed by atoms with Gasteiger partial charge in [-0.2, -0.15) is 0 Å². The second-order valence-electron chi connectivity index (χ2n) is 7.93. The molecule has 1 amide bonds. The second-order valence-corrected chi connectivity index (χ2v) is 10.2. The molecular formula is C21H27N3O5S.